The van der Waals surface area contributed by atoms with Crippen molar-refractivity contribution < 1.29 is 14.3 Å². The van der Waals surface area contributed by atoms with E-state index in [0.717, 1.165) is 5.56 Å². The molecule has 8 nitrogen and oxygen atoms in total. The number of Topliss-reactive ketones (excluding diaryl/α,β-unsaturated/α-hetero) is 1. The van der Waals surface area contributed by atoms with Crippen LogP contribution in [-0.2, 0) is 11.8 Å². The van der Waals surface area contributed by atoms with Crippen LogP contribution < -0.4 is 10.1 Å². The van der Waals surface area contributed by atoms with Crippen molar-refractivity contribution in [3.05, 3.63) is 54.1 Å². The highest BCUT2D eigenvalue weighted by Crippen LogP contribution is 2.20. The Morgan fingerprint density at radius 1 is 1.14 bits per heavy atom. The Kier molecular flexibility index (Phi) is 6.11. The molecule has 0 aliphatic rings. The first kappa shape index (κ1) is 19.2. The van der Waals surface area contributed by atoms with Gasteiger partial charge in [-0.05, 0) is 60.2 Å². The summed E-state index contributed by atoms with van der Waals surface area (Å²) in [5, 5.41) is 14.3. The fourth-order valence-electron chi connectivity index (χ4n) is 2.64. The van der Waals surface area contributed by atoms with Gasteiger partial charge in [-0.1, -0.05) is 12.1 Å². The Labute approximate surface area is 162 Å². The van der Waals surface area contributed by atoms with E-state index in [0.29, 0.717) is 42.3 Å². The topological polar surface area (TPSA) is 99.0 Å². The summed E-state index contributed by atoms with van der Waals surface area (Å²) in [7, 11) is 1.76. The Hall–Kier alpha value is -3.55. The Morgan fingerprint density at radius 2 is 1.93 bits per heavy atom. The number of nitrogens with zero attached hydrogens (tertiary/aromatic N) is 4. The SMILES string of the molecule is CC(=O)c1ccc(OCCCC(=O)Nc2cccc(-c3nnnn3C)c2)cc1. The van der Waals surface area contributed by atoms with Gasteiger partial charge in [0.15, 0.2) is 11.6 Å². The van der Waals surface area contributed by atoms with Crippen LogP contribution in [0.1, 0.15) is 30.1 Å². The number of tetrazole rings is 1. The molecule has 0 bridgehead atoms. The zero-order valence-corrected chi connectivity index (χ0v) is 15.8. The highest BCUT2D eigenvalue weighted by molar-refractivity contribution is 5.94. The third-order valence-corrected chi connectivity index (χ3v) is 4.10. The number of carbonyl (C=O) groups excluding carboxylic acids is 2. The molecule has 2 aromatic carbocycles. The summed E-state index contributed by atoms with van der Waals surface area (Å²) in [6, 6.07) is 14.3. The summed E-state index contributed by atoms with van der Waals surface area (Å²) in [5.41, 5.74) is 2.15. The van der Waals surface area contributed by atoms with Crippen LogP contribution in [0.15, 0.2) is 48.5 Å². The first-order valence-corrected chi connectivity index (χ1v) is 8.89. The molecule has 0 unspecified atom stereocenters. The highest BCUT2D eigenvalue weighted by atomic mass is 16.5. The van der Waals surface area contributed by atoms with Gasteiger partial charge in [-0.2, -0.15) is 0 Å². The minimum absolute atomic E-state index is 0.0164. The van der Waals surface area contributed by atoms with Gasteiger partial charge in [0, 0.05) is 30.3 Å². The number of ether oxygens (including phenoxy) is 1. The van der Waals surface area contributed by atoms with Crippen molar-refractivity contribution in [1.82, 2.24) is 20.2 Å². The molecule has 0 aliphatic carbocycles. The van der Waals surface area contributed by atoms with E-state index < -0.39 is 0 Å². The van der Waals surface area contributed by atoms with E-state index in [-0.39, 0.29) is 11.7 Å². The number of nitrogens with one attached hydrogen (secondary N) is 1. The van der Waals surface area contributed by atoms with Gasteiger partial charge in [0.25, 0.3) is 0 Å². The van der Waals surface area contributed by atoms with E-state index in [4.69, 9.17) is 4.74 Å². The predicted molar refractivity (Wildman–Crippen MR) is 104 cm³/mol. The zero-order chi connectivity index (χ0) is 19.9. The number of hydrogen-bond donors (Lipinski definition) is 1. The van der Waals surface area contributed by atoms with Gasteiger partial charge in [0.1, 0.15) is 5.75 Å². The van der Waals surface area contributed by atoms with Crippen molar-refractivity contribution in [2.75, 3.05) is 11.9 Å². The second kappa shape index (κ2) is 8.90. The molecule has 1 N–H and O–H groups in total. The minimum Gasteiger partial charge on any atom is -0.494 e. The van der Waals surface area contributed by atoms with Crippen LogP contribution in [0.5, 0.6) is 5.75 Å². The normalized spacial score (nSPS) is 10.5. The molecule has 3 aromatic rings. The van der Waals surface area contributed by atoms with Gasteiger partial charge in [0.05, 0.1) is 6.61 Å². The van der Waals surface area contributed by atoms with Crippen LogP contribution in [0, 0.1) is 0 Å². The third kappa shape index (κ3) is 5.00. The van der Waals surface area contributed by atoms with Crippen LogP contribution in [0.2, 0.25) is 0 Å². The fraction of sp³-hybridized carbons (Fsp3) is 0.250. The maximum Gasteiger partial charge on any atom is 0.224 e. The van der Waals surface area contributed by atoms with Gasteiger partial charge in [-0.15, -0.1) is 5.10 Å². The molecule has 8 heteroatoms. The molecule has 1 amide bonds. The summed E-state index contributed by atoms with van der Waals surface area (Å²) >= 11 is 0. The Balaban J connectivity index is 1.46. The summed E-state index contributed by atoms with van der Waals surface area (Å²) in [4.78, 5) is 23.4. The lowest BCUT2D eigenvalue weighted by molar-refractivity contribution is -0.116. The van der Waals surface area contributed by atoms with E-state index in [1.54, 1.807) is 36.0 Å². The predicted octanol–water partition coefficient (Wildman–Crippen LogP) is 2.88. The average molecular weight is 379 g/mol. The number of hydrogen-bond acceptors (Lipinski definition) is 6. The van der Waals surface area contributed by atoms with Crippen molar-refractivity contribution in [3.63, 3.8) is 0 Å². The van der Waals surface area contributed by atoms with E-state index in [2.05, 4.69) is 20.8 Å². The smallest absolute Gasteiger partial charge is 0.224 e. The van der Waals surface area contributed by atoms with Crippen molar-refractivity contribution >= 4 is 17.4 Å². The molecule has 1 heterocycles. The quantitative estimate of drug-likeness (QED) is 0.477. The molecule has 0 fully saturated rings. The monoisotopic (exact) mass is 379 g/mol. The zero-order valence-electron chi connectivity index (χ0n) is 15.8. The number of anilines is 1. The first-order chi connectivity index (χ1) is 13.5. The number of aromatic nitrogens is 4. The molecule has 3 rings (SSSR count). The maximum absolute atomic E-state index is 12.2. The largest absolute Gasteiger partial charge is 0.494 e. The van der Waals surface area contributed by atoms with Crippen LogP contribution in [0.3, 0.4) is 0 Å². The van der Waals surface area contributed by atoms with Gasteiger partial charge < -0.3 is 10.1 Å². The lowest BCUT2D eigenvalue weighted by atomic mass is 10.1. The molecule has 0 atom stereocenters. The Bertz CT molecular complexity index is 966. The van der Waals surface area contributed by atoms with Gasteiger partial charge >= 0.3 is 0 Å². The summed E-state index contributed by atoms with van der Waals surface area (Å²) < 4.78 is 7.18. The van der Waals surface area contributed by atoms with E-state index >= 15 is 0 Å². The number of rotatable bonds is 8. The van der Waals surface area contributed by atoms with Crippen molar-refractivity contribution in [2.45, 2.75) is 19.8 Å². The van der Waals surface area contributed by atoms with Gasteiger partial charge in [0.2, 0.25) is 5.91 Å². The number of amides is 1. The molecule has 1 aromatic heterocycles. The highest BCUT2D eigenvalue weighted by Gasteiger charge is 2.08. The van der Waals surface area contributed by atoms with Crippen LogP contribution in [0.25, 0.3) is 11.4 Å². The lowest BCUT2D eigenvalue weighted by Crippen LogP contribution is -2.13. The standard InChI is InChI=1S/C20H21N5O3/c1-14(26)15-8-10-18(11-9-15)28-12-4-7-19(27)21-17-6-3-5-16(13-17)20-22-23-24-25(20)2/h3,5-6,8-11,13H,4,7,12H2,1-2H3,(H,21,27). The van der Waals surface area contributed by atoms with Crippen LogP contribution in [-0.4, -0.2) is 38.5 Å². The molecule has 28 heavy (non-hydrogen) atoms. The number of benzene rings is 2. The van der Waals surface area contributed by atoms with Crippen molar-refractivity contribution in [1.29, 1.82) is 0 Å². The molecular weight excluding hydrogens is 358 g/mol. The summed E-state index contributed by atoms with van der Waals surface area (Å²) in [5.74, 6) is 1.22. The molecule has 0 radical (unpaired) electrons. The first-order valence-electron chi connectivity index (χ1n) is 8.89. The second-order valence-corrected chi connectivity index (χ2v) is 6.29. The molecule has 144 valence electrons. The molecule has 0 aliphatic heterocycles. The average Bonchev–Trinajstić information content (AvgIpc) is 3.12. The van der Waals surface area contributed by atoms with E-state index in [1.807, 2.05) is 24.3 Å². The number of ketones is 1. The summed E-state index contributed by atoms with van der Waals surface area (Å²) in [6.07, 6.45) is 0.911. The summed E-state index contributed by atoms with van der Waals surface area (Å²) in [6.45, 7) is 1.94. The lowest BCUT2D eigenvalue weighted by Gasteiger charge is -2.08. The molecular formula is C20H21N5O3. The number of carbonyl (C=O) groups is 2. The Morgan fingerprint density at radius 3 is 2.61 bits per heavy atom. The van der Waals surface area contributed by atoms with Gasteiger partial charge in [-0.25, -0.2) is 4.68 Å². The molecule has 0 saturated heterocycles. The van der Waals surface area contributed by atoms with Gasteiger partial charge in [-0.3, -0.25) is 9.59 Å². The van der Waals surface area contributed by atoms with Crippen molar-refractivity contribution in [2.24, 2.45) is 7.05 Å². The number of aryl methyl sites for hydroxylation is 1. The third-order valence-electron chi connectivity index (χ3n) is 4.10. The van der Waals surface area contributed by atoms with E-state index in [9.17, 15) is 9.59 Å². The van der Waals surface area contributed by atoms with Crippen LogP contribution in [0.4, 0.5) is 5.69 Å². The second-order valence-electron chi connectivity index (χ2n) is 6.29. The molecule has 0 spiro atoms. The fourth-order valence-corrected chi connectivity index (χ4v) is 2.64. The molecule has 0 saturated carbocycles. The van der Waals surface area contributed by atoms with Crippen LogP contribution >= 0.6 is 0 Å². The van der Waals surface area contributed by atoms with E-state index in [1.165, 1.54) is 6.92 Å². The minimum atomic E-state index is -0.0937. The van der Waals surface area contributed by atoms with Crippen molar-refractivity contribution in [3.8, 4) is 17.1 Å². The maximum atomic E-state index is 12.2.